The number of carbonyl (C=O) groups excluding carboxylic acids is 1. The number of hydrogen-bond acceptors (Lipinski definition) is 5. The van der Waals surface area contributed by atoms with Crippen LogP contribution in [0.15, 0.2) is 36.5 Å². The Morgan fingerprint density at radius 1 is 1.41 bits per heavy atom. The average Bonchev–Trinajstić information content (AvgIpc) is 3.36. The molecule has 4 rings (SSSR count). The van der Waals surface area contributed by atoms with Crippen LogP contribution in [0.4, 0.5) is 14.6 Å². The van der Waals surface area contributed by atoms with Gasteiger partial charge in [0.1, 0.15) is 17.3 Å². The molecule has 1 atom stereocenters. The molecule has 1 amide bonds. The van der Waals surface area contributed by atoms with Crippen LogP contribution in [0, 0.1) is 5.92 Å². The molecule has 9 heteroatoms. The van der Waals surface area contributed by atoms with Gasteiger partial charge in [0.25, 0.3) is 12.3 Å². The molecule has 0 aliphatic carbocycles. The van der Waals surface area contributed by atoms with E-state index in [-0.39, 0.29) is 11.4 Å². The zero-order valence-corrected chi connectivity index (χ0v) is 15.8. The van der Waals surface area contributed by atoms with E-state index in [2.05, 4.69) is 15.4 Å². The standard InChI is InChI=1S/C20H20F2N4O3/c1-28-17-8-16-13(10-26(25-16)9-12-5-6-29-11-12)7-14(17)20(27)24-18-4-2-3-15(23-18)19(21)22/h2-4,7-8,10,12,19H,5-6,9,11H2,1H3,(H,23,24,27). The maximum Gasteiger partial charge on any atom is 0.280 e. The molecule has 1 unspecified atom stereocenters. The molecule has 3 heterocycles. The number of hydrogen-bond donors (Lipinski definition) is 1. The normalized spacial score (nSPS) is 16.5. The van der Waals surface area contributed by atoms with Gasteiger partial charge in [0.2, 0.25) is 0 Å². The molecule has 1 saturated heterocycles. The summed E-state index contributed by atoms with van der Waals surface area (Å²) in [7, 11) is 1.46. The second kappa shape index (κ2) is 8.12. The quantitative estimate of drug-likeness (QED) is 0.681. The van der Waals surface area contributed by atoms with Crippen molar-refractivity contribution in [2.45, 2.75) is 19.4 Å². The van der Waals surface area contributed by atoms with E-state index in [1.165, 1.54) is 25.3 Å². The summed E-state index contributed by atoms with van der Waals surface area (Å²) in [5, 5.41) is 7.89. The minimum absolute atomic E-state index is 0.0480. The number of anilines is 1. The number of benzene rings is 1. The van der Waals surface area contributed by atoms with Gasteiger partial charge in [0.15, 0.2) is 0 Å². The number of amides is 1. The maximum absolute atomic E-state index is 12.8. The monoisotopic (exact) mass is 402 g/mol. The minimum atomic E-state index is -2.71. The number of aromatic nitrogens is 3. The van der Waals surface area contributed by atoms with Crippen molar-refractivity contribution < 1.29 is 23.0 Å². The van der Waals surface area contributed by atoms with Crippen LogP contribution < -0.4 is 10.1 Å². The number of nitrogens with zero attached hydrogens (tertiary/aromatic N) is 3. The maximum atomic E-state index is 12.8. The van der Waals surface area contributed by atoms with Crippen molar-refractivity contribution in [2.75, 3.05) is 25.6 Å². The van der Waals surface area contributed by atoms with Crippen LogP contribution in [0.1, 0.15) is 28.9 Å². The molecule has 0 spiro atoms. The minimum Gasteiger partial charge on any atom is -0.496 e. The van der Waals surface area contributed by atoms with E-state index in [4.69, 9.17) is 9.47 Å². The third kappa shape index (κ3) is 4.19. The van der Waals surface area contributed by atoms with Crippen LogP contribution in [0.25, 0.3) is 10.9 Å². The van der Waals surface area contributed by atoms with Crippen LogP contribution in [-0.2, 0) is 11.3 Å². The number of alkyl halides is 2. The summed E-state index contributed by atoms with van der Waals surface area (Å²) >= 11 is 0. The molecule has 1 aromatic carbocycles. The lowest BCUT2D eigenvalue weighted by Gasteiger charge is -2.10. The van der Waals surface area contributed by atoms with E-state index < -0.39 is 18.0 Å². The molecule has 29 heavy (non-hydrogen) atoms. The Bertz CT molecular complexity index is 1030. The number of rotatable bonds is 6. The van der Waals surface area contributed by atoms with Gasteiger partial charge in [-0.3, -0.25) is 9.48 Å². The number of ether oxygens (including phenoxy) is 2. The highest BCUT2D eigenvalue weighted by atomic mass is 19.3. The summed E-state index contributed by atoms with van der Waals surface area (Å²) in [4.78, 5) is 16.5. The lowest BCUT2D eigenvalue weighted by molar-refractivity contribution is 0.102. The first-order valence-corrected chi connectivity index (χ1v) is 9.23. The molecule has 2 aromatic heterocycles. The van der Waals surface area contributed by atoms with E-state index in [1.54, 1.807) is 12.1 Å². The van der Waals surface area contributed by atoms with E-state index in [0.29, 0.717) is 17.2 Å². The number of halogens is 2. The van der Waals surface area contributed by atoms with Crippen LogP contribution in [-0.4, -0.2) is 41.0 Å². The van der Waals surface area contributed by atoms with Gasteiger partial charge in [-0.15, -0.1) is 0 Å². The smallest absolute Gasteiger partial charge is 0.280 e. The Hall–Kier alpha value is -3.07. The van der Waals surface area contributed by atoms with Crippen molar-refractivity contribution >= 4 is 22.6 Å². The highest BCUT2D eigenvalue weighted by molar-refractivity contribution is 6.08. The first-order chi connectivity index (χ1) is 14.0. The predicted molar refractivity (Wildman–Crippen MR) is 102 cm³/mol. The first kappa shape index (κ1) is 19.3. The molecule has 1 aliphatic rings. The molecule has 152 valence electrons. The zero-order chi connectivity index (χ0) is 20.4. The molecule has 0 radical (unpaired) electrons. The molecule has 7 nitrogen and oxygen atoms in total. The van der Waals surface area contributed by atoms with Gasteiger partial charge in [0, 0.05) is 36.7 Å². The zero-order valence-electron chi connectivity index (χ0n) is 15.8. The van der Waals surface area contributed by atoms with Gasteiger partial charge in [-0.05, 0) is 24.6 Å². The molecular weight excluding hydrogens is 382 g/mol. The van der Waals surface area contributed by atoms with Crippen molar-refractivity contribution in [3.8, 4) is 5.75 Å². The Kier molecular flexibility index (Phi) is 5.39. The van der Waals surface area contributed by atoms with Gasteiger partial charge in [-0.2, -0.15) is 5.10 Å². The summed E-state index contributed by atoms with van der Waals surface area (Å²) in [6, 6.07) is 7.44. The highest BCUT2D eigenvalue weighted by Crippen LogP contribution is 2.27. The van der Waals surface area contributed by atoms with Gasteiger partial charge in [0.05, 0.1) is 24.8 Å². The number of carbonyl (C=O) groups is 1. The first-order valence-electron chi connectivity index (χ1n) is 9.23. The molecule has 1 fully saturated rings. The fourth-order valence-electron chi connectivity index (χ4n) is 3.36. The Morgan fingerprint density at radius 3 is 3.00 bits per heavy atom. The second-order valence-electron chi connectivity index (χ2n) is 6.89. The van der Waals surface area contributed by atoms with Gasteiger partial charge >= 0.3 is 0 Å². The number of methoxy groups -OCH3 is 1. The van der Waals surface area contributed by atoms with Gasteiger partial charge in [-0.1, -0.05) is 6.07 Å². The number of pyridine rings is 1. The third-order valence-corrected chi connectivity index (χ3v) is 4.82. The van der Waals surface area contributed by atoms with E-state index >= 15 is 0 Å². The lowest BCUT2D eigenvalue weighted by Crippen LogP contribution is -2.14. The summed E-state index contributed by atoms with van der Waals surface area (Å²) in [5.74, 6) is 0.308. The molecule has 0 bridgehead atoms. The van der Waals surface area contributed by atoms with Crippen molar-refractivity contribution in [3.05, 3.63) is 47.8 Å². The van der Waals surface area contributed by atoms with E-state index in [0.717, 1.165) is 31.6 Å². The summed E-state index contributed by atoms with van der Waals surface area (Å²) in [5.41, 5.74) is 0.575. The van der Waals surface area contributed by atoms with E-state index in [9.17, 15) is 13.6 Å². The molecule has 3 aromatic rings. The van der Waals surface area contributed by atoms with Crippen LogP contribution in [0.5, 0.6) is 5.75 Å². The Balaban J connectivity index is 1.59. The molecule has 1 aliphatic heterocycles. The largest absolute Gasteiger partial charge is 0.496 e. The average molecular weight is 402 g/mol. The SMILES string of the molecule is COc1cc2nn(CC3CCOC3)cc2cc1C(=O)Nc1cccc(C(F)F)n1. The molecular formula is C20H20F2N4O3. The van der Waals surface area contributed by atoms with Crippen LogP contribution >= 0.6 is 0 Å². The summed E-state index contributed by atoms with van der Waals surface area (Å²) in [6.07, 6.45) is 0.158. The number of fused-ring (bicyclic) bond motifs is 1. The van der Waals surface area contributed by atoms with Gasteiger partial charge in [-0.25, -0.2) is 13.8 Å². The van der Waals surface area contributed by atoms with Crippen molar-refractivity contribution in [1.82, 2.24) is 14.8 Å². The van der Waals surface area contributed by atoms with Crippen molar-refractivity contribution in [3.63, 3.8) is 0 Å². The predicted octanol–water partition coefficient (Wildman–Crippen LogP) is 3.67. The second-order valence-corrected chi connectivity index (χ2v) is 6.89. The van der Waals surface area contributed by atoms with Crippen LogP contribution in [0.2, 0.25) is 0 Å². The lowest BCUT2D eigenvalue weighted by atomic mass is 10.1. The summed E-state index contributed by atoms with van der Waals surface area (Å²) in [6.45, 7) is 2.23. The molecule has 0 saturated carbocycles. The van der Waals surface area contributed by atoms with E-state index in [1.807, 2.05) is 10.9 Å². The van der Waals surface area contributed by atoms with Crippen molar-refractivity contribution in [1.29, 1.82) is 0 Å². The number of nitrogens with one attached hydrogen (secondary N) is 1. The highest BCUT2D eigenvalue weighted by Gasteiger charge is 2.19. The summed E-state index contributed by atoms with van der Waals surface area (Å²) < 4.78 is 38.3. The fraction of sp³-hybridized carbons (Fsp3) is 0.350. The van der Waals surface area contributed by atoms with Gasteiger partial charge < -0.3 is 14.8 Å². The molecule has 1 N–H and O–H groups in total. The Labute approximate surface area is 165 Å². The Morgan fingerprint density at radius 2 is 2.28 bits per heavy atom. The van der Waals surface area contributed by atoms with Crippen LogP contribution in [0.3, 0.4) is 0 Å². The topological polar surface area (TPSA) is 78.3 Å². The third-order valence-electron chi connectivity index (χ3n) is 4.82. The fourth-order valence-corrected chi connectivity index (χ4v) is 3.36. The van der Waals surface area contributed by atoms with Crippen molar-refractivity contribution in [2.24, 2.45) is 5.92 Å².